The Labute approximate surface area is 133 Å². The first-order valence-electron chi connectivity index (χ1n) is 6.67. The van der Waals surface area contributed by atoms with Crippen molar-refractivity contribution >= 4 is 23.7 Å². The second-order valence-electron chi connectivity index (χ2n) is 4.79. The third-order valence-corrected chi connectivity index (χ3v) is 4.28. The topological polar surface area (TPSA) is 63.6 Å². The lowest BCUT2D eigenvalue weighted by molar-refractivity contribution is -0.136. The predicted molar refractivity (Wildman–Crippen MR) is 84.4 cm³/mol. The van der Waals surface area contributed by atoms with E-state index in [1.165, 1.54) is 7.11 Å². The van der Waals surface area contributed by atoms with E-state index < -0.39 is 5.97 Å². The summed E-state index contributed by atoms with van der Waals surface area (Å²) < 4.78 is 4.66. The Bertz CT molecular complexity index is 692. The molecule has 0 aliphatic rings. The molecular weight excluding hydrogens is 300 g/mol. The molecule has 5 heteroatoms. The number of carbonyl (C=O) groups is 2. The molecule has 0 heterocycles. The van der Waals surface area contributed by atoms with Crippen molar-refractivity contribution in [3.05, 3.63) is 59.2 Å². The first-order valence-corrected chi connectivity index (χ1v) is 7.49. The summed E-state index contributed by atoms with van der Waals surface area (Å²) >= 11 is 1.57. The summed E-state index contributed by atoms with van der Waals surface area (Å²) in [7, 11) is 1.35. The fourth-order valence-electron chi connectivity index (χ4n) is 2.01. The minimum Gasteiger partial charge on any atom is -0.481 e. The number of hydrogen-bond acceptors (Lipinski definition) is 4. The molecule has 0 bridgehead atoms. The largest absolute Gasteiger partial charge is 0.481 e. The van der Waals surface area contributed by atoms with Crippen LogP contribution in [-0.2, 0) is 16.0 Å². The van der Waals surface area contributed by atoms with E-state index in [1.807, 2.05) is 37.3 Å². The zero-order valence-corrected chi connectivity index (χ0v) is 13.1. The van der Waals surface area contributed by atoms with Gasteiger partial charge < -0.3 is 9.84 Å². The number of carboxylic acids is 1. The van der Waals surface area contributed by atoms with Gasteiger partial charge in [0.15, 0.2) is 0 Å². The van der Waals surface area contributed by atoms with Crippen LogP contribution in [0.3, 0.4) is 0 Å². The van der Waals surface area contributed by atoms with Crippen LogP contribution < -0.4 is 0 Å². The van der Waals surface area contributed by atoms with Gasteiger partial charge in [0.2, 0.25) is 0 Å². The number of hydrogen-bond donors (Lipinski definition) is 1. The van der Waals surface area contributed by atoms with E-state index in [1.54, 1.807) is 23.9 Å². The number of aryl methyl sites for hydroxylation is 1. The summed E-state index contributed by atoms with van der Waals surface area (Å²) in [6.45, 7) is 1.95. The number of aliphatic carboxylic acids is 1. The highest BCUT2D eigenvalue weighted by Crippen LogP contribution is 2.31. The normalized spacial score (nSPS) is 10.3. The van der Waals surface area contributed by atoms with Crippen LogP contribution in [-0.4, -0.2) is 24.2 Å². The van der Waals surface area contributed by atoms with E-state index in [9.17, 15) is 9.59 Å². The SMILES string of the molecule is COC(=O)c1ccc(Sc2ccc(CC(=O)O)cc2C)cc1. The van der Waals surface area contributed by atoms with Crippen LogP contribution in [0.2, 0.25) is 0 Å². The average Bonchev–Trinajstić information content (AvgIpc) is 2.49. The van der Waals surface area contributed by atoms with Gasteiger partial charge in [0.25, 0.3) is 0 Å². The molecule has 0 spiro atoms. The van der Waals surface area contributed by atoms with Gasteiger partial charge in [0, 0.05) is 9.79 Å². The predicted octanol–water partition coefficient (Wildman–Crippen LogP) is 3.56. The summed E-state index contributed by atoms with van der Waals surface area (Å²) in [5.74, 6) is -1.19. The minimum absolute atomic E-state index is 0.0274. The lowest BCUT2D eigenvalue weighted by atomic mass is 10.1. The van der Waals surface area contributed by atoms with Crippen molar-refractivity contribution in [2.45, 2.75) is 23.1 Å². The Hall–Kier alpha value is -2.27. The molecule has 0 amide bonds. The molecule has 0 aliphatic heterocycles. The maximum atomic E-state index is 11.4. The third kappa shape index (κ3) is 4.11. The second kappa shape index (κ2) is 7.13. The number of benzene rings is 2. The minimum atomic E-state index is -0.835. The van der Waals surface area contributed by atoms with E-state index in [0.717, 1.165) is 20.9 Å². The molecule has 2 rings (SSSR count). The van der Waals surface area contributed by atoms with Gasteiger partial charge in [-0.3, -0.25) is 4.79 Å². The molecule has 114 valence electrons. The molecule has 0 saturated carbocycles. The number of methoxy groups -OCH3 is 1. The van der Waals surface area contributed by atoms with Crippen LogP contribution in [0.1, 0.15) is 21.5 Å². The maximum Gasteiger partial charge on any atom is 0.337 e. The molecule has 0 radical (unpaired) electrons. The molecule has 1 N–H and O–H groups in total. The standard InChI is InChI=1S/C17H16O4S/c1-11-9-12(10-16(18)19)3-8-15(11)22-14-6-4-13(5-7-14)17(20)21-2/h3-9H,10H2,1-2H3,(H,18,19). The highest BCUT2D eigenvalue weighted by molar-refractivity contribution is 7.99. The third-order valence-electron chi connectivity index (χ3n) is 3.10. The summed E-state index contributed by atoms with van der Waals surface area (Å²) in [6.07, 6.45) is 0.0274. The Morgan fingerprint density at radius 1 is 1.14 bits per heavy atom. The lowest BCUT2D eigenvalue weighted by Crippen LogP contribution is -2.00. The molecule has 0 saturated heterocycles. The quantitative estimate of drug-likeness (QED) is 0.855. The van der Waals surface area contributed by atoms with Gasteiger partial charge in [-0.25, -0.2) is 4.79 Å². The molecule has 2 aromatic carbocycles. The van der Waals surface area contributed by atoms with E-state index in [-0.39, 0.29) is 12.4 Å². The van der Waals surface area contributed by atoms with Crippen LogP contribution in [0.4, 0.5) is 0 Å². The molecular formula is C17H16O4S. The van der Waals surface area contributed by atoms with Crippen LogP contribution in [0.25, 0.3) is 0 Å². The second-order valence-corrected chi connectivity index (χ2v) is 5.90. The monoisotopic (exact) mass is 316 g/mol. The molecule has 0 aromatic heterocycles. The van der Waals surface area contributed by atoms with Gasteiger partial charge in [-0.2, -0.15) is 0 Å². The lowest BCUT2D eigenvalue weighted by Gasteiger charge is -2.08. The molecule has 0 unspecified atom stereocenters. The summed E-state index contributed by atoms with van der Waals surface area (Å²) in [5.41, 5.74) is 2.33. The fraction of sp³-hybridized carbons (Fsp3) is 0.176. The number of ether oxygens (including phenoxy) is 1. The van der Waals surface area contributed by atoms with Gasteiger partial charge in [-0.15, -0.1) is 0 Å². The van der Waals surface area contributed by atoms with Crippen molar-refractivity contribution < 1.29 is 19.4 Å². The molecule has 0 fully saturated rings. The first-order chi connectivity index (χ1) is 10.5. The molecule has 2 aromatic rings. The van der Waals surface area contributed by atoms with Gasteiger partial charge in [0.05, 0.1) is 19.1 Å². The summed E-state index contributed by atoms with van der Waals surface area (Å²) in [4.78, 5) is 24.2. The highest BCUT2D eigenvalue weighted by atomic mass is 32.2. The van der Waals surface area contributed by atoms with Crippen LogP contribution >= 0.6 is 11.8 Å². The van der Waals surface area contributed by atoms with Crippen LogP contribution in [0.15, 0.2) is 52.3 Å². The fourth-order valence-corrected chi connectivity index (χ4v) is 2.90. The highest BCUT2D eigenvalue weighted by Gasteiger charge is 2.07. The molecule has 4 nitrogen and oxygen atoms in total. The van der Waals surface area contributed by atoms with E-state index in [4.69, 9.17) is 5.11 Å². The number of esters is 1. The molecule has 22 heavy (non-hydrogen) atoms. The van der Waals surface area contributed by atoms with Crippen LogP contribution in [0, 0.1) is 6.92 Å². The number of carbonyl (C=O) groups excluding carboxylic acids is 1. The van der Waals surface area contributed by atoms with Crippen molar-refractivity contribution in [1.29, 1.82) is 0 Å². The van der Waals surface area contributed by atoms with Crippen molar-refractivity contribution in [3.8, 4) is 0 Å². The van der Waals surface area contributed by atoms with Crippen LogP contribution in [0.5, 0.6) is 0 Å². The van der Waals surface area contributed by atoms with Gasteiger partial charge in [-0.05, 0) is 48.4 Å². The first kappa shape index (κ1) is 16.1. The van der Waals surface area contributed by atoms with Gasteiger partial charge >= 0.3 is 11.9 Å². The average molecular weight is 316 g/mol. The Morgan fingerprint density at radius 3 is 2.36 bits per heavy atom. The molecule has 0 aliphatic carbocycles. The number of carboxylic acid groups (broad SMARTS) is 1. The zero-order chi connectivity index (χ0) is 16.1. The van der Waals surface area contributed by atoms with Crippen molar-refractivity contribution in [1.82, 2.24) is 0 Å². The van der Waals surface area contributed by atoms with E-state index in [2.05, 4.69) is 4.74 Å². The van der Waals surface area contributed by atoms with Crippen molar-refractivity contribution in [2.24, 2.45) is 0 Å². The van der Waals surface area contributed by atoms with Gasteiger partial charge in [-0.1, -0.05) is 23.9 Å². The summed E-state index contributed by atoms with van der Waals surface area (Å²) in [5, 5.41) is 8.81. The molecule has 0 atom stereocenters. The Balaban J connectivity index is 2.13. The summed E-state index contributed by atoms with van der Waals surface area (Å²) in [6, 6.07) is 12.8. The maximum absolute atomic E-state index is 11.4. The number of rotatable bonds is 5. The Morgan fingerprint density at radius 2 is 1.82 bits per heavy atom. The van der Waals surface area contributed by atoms with Crippen molar-refractivity contribution in [2.75, 3.05) is 7.11 Å². The van der Waals surface area contributed by atoms with E-state index >= 15 is 0 Å². The van der Waals surface area contributed by atoms with E-state index in [0.29, 0.717) is 5.56 Å². The van der Waals surface area contributed by atoms with Crippen molar-refractivity contribution in [3.63, 3.8) is 0 Å². The van der Waals surface area contributed by atoms with Gasteiger partial charge in [0.1, 0.15) is 0 Å². The Kier molecular flexibility index (Phi) is 5.22. The smallest absolute Gasteiger partial charge is 0.337 e. The zero-order valence-electron chi connectivity index (χ0n) is 12.3.